The number of hydrogen-bond acceptors (Lipinski definition) is 6. The first-order valence-electron chi connectivity index (χ1n) is 10.5. The van der Waals surface area contributed by atoms with E-state index in [2.05, 4.69) is 16.7 Å². The maximum atomic E-state index is 12.8. The fourth-order valence-corrected chi connectivity index (χ4v) is 4.70. The Kier molecular flexibility index (Phi) is 7.91. The fraction of sp³-hybridized carbons (Fsp3) is 0.280. The van der Waals surface area contributed by atoms with E-state index in [0.717, 1.165) is 35.0 Å². The van der Waals surface area contributed by atoms with Crippen LogP contribution < -0.4 is 10.6 Å². The number of nitriles is 1. The number of rotatable bonds is 7. The molecular weight excluding hydrogens is 438 g/mol. The summed E-state index contributed by atoms with van der Waals surface area (Å²) in [6.45, 7) is 3.94. The van der Waals surface area contributed by atoms with Gasteiger partial charge in [-0.3, -0.25) is 14.4 Å². The number of thioether (sulfide) groups is 1. The van der Waals surface area contributed by atoms with E-state index in [1.165, 1.54) is 7.11 Å². The second-order valence-corrected chi connectivity index (χ2v) is 8.52. The number of benzene rings is 2. The number of aryl methyl sites for hydroxylation is 2. The first-order valence-corrected chi connectivity index (χ1v) is 11.5. The average Bonchev–Trinajstić information content (AvgIpc) is 2.83. The van der Waals surface area contributed by atoms with Gasteiger partial charge >= 0.3 is 5.97 Å². The zero-order valence-electron chi connectivity index (χ0n) is 18.7. The van der Waals surface area contributed by atoms with E-state index < -0.39 is 23.7 Å². The van der Waals surface area contributed by atoms with Crippen molar-refractivity contribution in [1.29, 1.82) is 5.26 Å². The minimum absolute atomic E-state index is 0.0112. The molecule has 1 aliphatic heterocycles. The van der Waals surface area contributed by atoms with E-state index in [9.17, 15) is 19.6 Å². The molecule has 0 fully saturated rings. The molecule has 2 aromatic rings. The molecule has 3 rings (SSSR count). The number of nitrogens with one attached hydrogen (secondary N) is 2. The Hall–Kier alpha value is -3.57. The number of anilines is 1. The molecule has 1 aliphatic rings. The molecule has 0 saturated carbocycles. The summed E-state index contributed by atoms with van der Waals surface area (Å²) >= 11 is 1.06. The van der Waals surface area contributed by atoms with Crippen LogP contribution in [0.2, 0.25) is 0 Å². The summed E-state index contributed by atoms with van der Waals surface area (Å²) in [7, 11) is 1.21. The number of hydrogen-bond donors (Lipinski definition) is 2. The molecule has 2 atom stereocenters. The molecule has 0 aliphatic carbocycles. The largest absolute Gasteiger partial charge is 0.468 e. The molecular formula is C25H25N3O4S. The molecule has 0 aromatic heterocycles. The molecule has 0 spiro atoms. The van der Waals surface area contributed by atoms with Crippen molar-refractivity contribution in [1.82, 2.24) is 5.32 Å². The van der Waals surface area contributed by atoms with Crippen LogP contribution in [0.25, 0.3) is 0 Å². The maximum absolute atomic E-state index is 12.8. The Labute approximate surface area is 197 Å². The van der Waals surface area contributed by atoms with Gasteiger partial charge in [-0.1, -0.05) is 67.2 Å². The Morgan fingerprint density at radius 1 is 1.18 bits per heavy atom. The van der Waals surface area contributed by atoms with Crippen LogP contribution in [-0.4, -0.2) is 30.6 Å². The van der Waals surface area contributed by atoms with Gasteiger partial charge in [0.05, 0.1) is 29.5 Å². The van der Waals surface area contributed by atoms with Crippen molar-refractivity contribution in [3.05, 3.63) is 75.8 Å². The number of carbonyl (C=O) groups is 3. The summed E-state index contributed by atoms with van der Waals surface area (Å²) in [4.78, 5) is 37.9. The summed E-state index contributed by atoms with van der Waals surface area (Å²) < 4.78 is 4.83. The third kappa shape index (κ3) is 5.26. The van der Waals surface area contributed by atoms with Gasteiger partial charge in [-0.25, -0.2) is 0 Å². The number of carbonyl (C=O) groups excluding carboxylic acids is 3. The molecule has 170 valence electrons. The van der Waals surface area contributed by atoms with E-state index in [0.29, 0.717) is 5.56 Å². The highest BCUT2D eigenvalue weighted by Gasteiger charge is 2.44. The summed E-state index contributed by atoms with van der Waals surface area (Å²) in [5.41, 5.74) is 3.64. The van der Waals surface area contributed by atoms with Crippen LogP contribution in [0.5, 0.6) is 0 Å². The summed E-state index contributed by atoms with van der Waals surface area (Å²) in [5, 5.41) is 15.8. The molecule has 0 bridgehead atoms. The van der Waals surface area contributed by atoms with Crippen molar-refractivity contribution in [2.45, 2.75) is 26.2 Å². The summed E-state index contributed by atoms with van der Waals surface area (Å²) in [5.74, 6) is -3.54. The first-order chi connectivity index (χ1) is 15.9. The molecule has 2 aromatic carbocycles. The lowest BCUT2D eigenvalue weighted by atomic mass is 9.78. The van der Waals surface area contributed by atoms with Gasteiger partial charge in [0.25, 0.3) is 0 Å². The van der Waals surface area contributed by atoms with Gasteiger partial charge in [-0.15, -0.1) is 0 Å². The van der Waals surface area contributed by atoms with Gasteiger partial charge in [-0.2, -0.15) is 5.26 Å². The average molecular weight is 464 g/mol. The first kappa shape index (κ1) is 24.1. The van der Waals surface area contributed by atoms with Crippen molar-refractivity contribution < 1.29 is 19.1 Å². The quantitative estimate of drug-likeness (QED) is 0.479. The van der Waals surface area contributed by atoms with E-state index in [1.54, 1.807) is 24.3 Å². The monoisotopic (exact) mass is 463 g/mol. The molecule has 1 heterocycles. The van der Waals surface area contributed by atoms with E-state index in [4.69, 9.17) is 4.74 Å². The highest BCUT2D eigenvalue weighted by atomic mass is 32.2. The van der Waals surface area contributed by atoms with Crippen LogP contribution in [0.3, 0.4) is 0 Å². The zero-order chi connectivity index (χ0) is 24.0. The number of nitrogens with zero attached hydrogens (tertiary/aromatic N) is 1. The lowest BCUT2D eigenvalue weighted by Crippen LogP contribution is -2.44. The van der Waals surface area contributed by atoms with Crippen LogP contribution >= 0.6 is 11.8 Å². The van der Waals surface area contributed by atoms with Crippen molar-refractivity contribution in [3.63, 3.8) is 0 Å². The Bertz CT molecular complexity index is 1140. The van der Waals surface area contributed by atoms with Crippen molar-refractivity contribution in [3.8, 4) is 6.07 Å². The smallest absolute Gasteiger partial charge is 0.319 e. The molecule has 7 nitrogen and oxygen atoms in total. The van der Waals surface area contributed by atoms with E-state index in [-0.39, 0.29) is 22.3 Å². The number of esters is 1. The topological polar surface area (TPSA) is 108 Å². The van der Waals surface area contributed by atoms with Crippen LogP contribution in [0, 0.1) is 24.2 Å². The number of allylic oxidation sites excluding steroid dienone is 1. The SMILES string of the molecule is CCc1cccc(C)c1NC(=O)CSC1=C(C#N)[C@@H](c2ccccc2)[C@@H](C(=O)OC)C(=O)N1. The van der Waals surface area contributed by atoms with Crippen LogP contribution in [0.4, 0.5) is 5.69 Å². The molecule has 0 radical (unpaired) electrons. The second-order valence-electron chi connectivity index (χ2n) is 7.53. The van der Waals surface area contributed by atoms with Gasteiger partial charge < -0.3 is 15.4 Å². The maximum Gasteiger partial charge on any atom is 0.319 e. The lowest BCUT2D eigenvalue weighted by Gasteiger charge is -2.30. The van der Waals surface area contributed by atoms with Gasteiger partial charge in [0.2, 0.25) is 11.8 Å². The second kappa shape index (κ2) is 10.8. The van der Waals surface area contributed by atoms with Gasteiger partial charge in [0, 0.05) is 11.6 Å². The molecule has 2 amide bonds. The minimum Gasteiger partial charge on any atom is -0.468 e. The molecule has 33 heavy (non-hydrogen) atoms. The highest BCUT2D eigenvalue weighted by Crippen LogP contribution is 2.40. The summed E-state index contributed by atoms with van der Waals surface area (Å²) in [6.07, 6.45) is 0.776. The Morgan fingerprint density at radius 3 is 2.55 bits per heavy atom. The van der Waals surface area contributed by atoms with Crippen LogP contribution in [0.1, 0.15) is 29.5 Å². The molecule has 0 unspecified atom stereocenters. The standard InChI is InChI=1S/C25H25N3O4S/c1-4-16-12-8-9-15(2)22(16)27-19(29)14-33-24-18(13-26)20(17-10-6-5-7-11-17)21(23(30)28-24)25(31)32-3/h5-12,20-21H,4,14H2,1-3H3,(H,27,29)(H,28,30)/t20-,21-/m1/s1. The normalized spacial score (nSPS) is 17.7. The highest BCUT2D eigenvalue weighted by molar-refractivity contribution is 8.03. The number of para-hydroxylation sites is 1. The van der Waals surface area contributed by atoms with Gasteiger partial charge in [0.15, 0.2) is 0 Å². The number of ether oxygens (including phenoxy) is 1. The number of methoxy groups -OCH3 is 1. The predicted octanol–water partition coefficient (Wildman–Crippen LogP) is 3.67. The number of amides is 2. The van der Waals surface area contributed by atoms with Gasteiger partial charge in [0.1, 0.15) is 5.92 Å². The summed E-state index contributed by atoms with van der Waals surface area (Å²) in [6, 6.07) is 16.9. The molecule has 2 N–H and O–H groups in total. The molecule has 0 saturated heterocycles. The van der Waals surface area contributed by atoms with Gasteiger partial charge in [-0.05, 0) is 30.0 Å². The Morgan fingerprint density at radius 2 is 1.91 bits per heavy atom. The lowest BCUT2D eigenvalue weighted by molar-refractivity contribution is -0.150. The third-order valence-electron chi connectivity index (χ3n) is 5.49. The fourth-order valence-electron chi connectivity index (χ4n) is 3.86. The van der Waals surface area contributed by atoms with E-state index in [1.807, 2.05) is 38.1 Å². The van der Waals surface area contributed by atoms with Crippen LogP contribution in [0.15, 0.2) is 59.1 Å². The van der Waals surface area contributed by atoms with Crippen molar-refractivity contribution in [2.24, 2.45) is 5.92 Å². The Balaban J connectivity index is 1.88. The minimum atomic E-state index is -1.19. The third-order valence-corrected chi connectivity index (χ3v) is 6.51. The zero-order valence-corrected chi connectivity index (χ0v) is 19.5. The molecule has 8 heteroatoms. The van der Waals surface area contributed by atoms with Crippen molar-refractivity contribution in [2.75, 3.05) is 18.2 Å². The van der Waals surface area contributed by atoms with E-state index >= 15 is 0 Å². The van der Waals surface area contributed by atoms with Crippen LogP contribution in [-0.2, 0) is 25.5 Å². The van der Waals surface area contributed by atoms with Crippen molar-refractivity contribution >= 4 is 35.2 Å². The predicted molar refractivity (Wildman–Crippen MR) is 127 cm³/mol.